The first kappa shape index (κ1) is 12.8. The summed E-state index contributed by atoms with van der Waals surface area (Å²) in [4.78, 5) is 0. The van der Waals surface area contributed by atoms with E-state index in [1.807, 2.05) is 30.3 Å². The van der Waals surface area contributed by atoms with Crippen molar-refractivity contribution in [3.63, 3.8) is 0 Å². The predicted octanol–water partition coefficient (Wildman–Crippen LogP) is -1.78. The first-order chi connectivity index (χ1) is 5.34. The molecule has 0 aromatic heterocycles. The second-order valence-corrected chi connectivity index (χ2v) is 2.44. The third-order valence-corrected chi connectivity index (χ3v) is 1.59. The Morgan fingerprint density at radius 2 is 1.83 bits per heavy atom. The Kier molecular flexibility index (Phi) is 7.67. The van der Waals surface area contributed by atoms with Crippen molar-refractivity contribution in [2.24, 2.45) is 0 Å². The van der Waals surface area contributed by atoms with Crippen LogP contribution < -0.4 is 51.4 Å². The van der Waals surface area contributed by atoms with E-state index in [2.05, 4.69) is 0 Å². The van der Waals surface area contributed by atoms with E-state index in [-0.39, 0.29) is 59.4 Å². The number of hydrogen-bond acceptors (Lipinski definition) is 2. The van der Waals surface area contributed by atoms with E-state index >= 15 is 0 Å². The summed E-state index contributed by atoms with van der Waals surface area (Å²) in [5.74, 6) is 0. The van der Waals surface area contributed by atoms with Crippen LogP contribution in [-0.2, 0) is 0 Å². The molecule has 0 aliphatic rings. The van der Waals surface area contributed by atoms with Gasteiger partial charge >= 0.3 is 51.4 Å². The molecular weight excluding hydrogens is 179 g/mol. The van der Waals surface area contributed by atoms with Crippen molar-refractivity contribution in [1.82, 2.24) is 0 Å². The Hall–Kier alpha value is 0.776. The molecule has 2 N–H and O–H groups in total. The maximum Gasteiger partial charge on any atom is 1.00 e. The number of rotatable bonds is 3. The van der Waals surface area contributed by atoms with Crippen molar-refractivity contribution in [1.29, 1.82) is 0 Å². The van der Waals surface area contributed by atoms with E-state index in [0.717, 1.165) is 5.56 Å². The van der Waals surface area contributed by atoms with Crippen LogP contribution in [0.4, 0.5) is 0 Å². The molecule has 1 unspecified atom stereocenters. The van der Waals surface area contributed by atoms with Crippen LogP contribution in [0.15, 0.2) is 30.3 Å². The molecule has 1 aromatic rings. The normalized spacial score (nSPS) is 11.8. The van der Waals surface area contributed by atoms with Gasteiger partial charge in [0.05, 0.1) is 6.10 Å². The molecule has 1 aromatic carbocycles. The van der Waals surface area contributed by atoms with Gasteiger partial charge < -0.3 is 11.6 Å². The largest absolute Gasteiger partial charge is 1.00 e. The molecule has 0 saturated carbocycles. The van der Waals surface area contributed by atoms with Crippen LogP contribution in [0.1, 0.15) is 19.5 Å². The van der Waals surface area contributed by atoms with E-state index in [1.165, 1.54) is 0 Å². The van der Waals surface area contributed by atoms with Crippen molar-refractivity contribution >= 4 is 0 Å². The van der Waals surface area contributed by atoms with Gasteiger partial charge in [0.2, 0.25) is 0 Å². The van der Waals surface area contributed by atoms with Crippen LogP contribution in [0, 0.1) is 0 Å². The second kappa shape index (κ2) is 7.21. The molecule has 62 valence electrons. The summed E-state index contributed by atoms with van der Waals surface area (Å²) in [6.45, 7) is 0.0239. The average molecular weight is 192 g/mol. The van der Waals surface area contributed by atoms with Gasteiger partial charge in [0.1, 0.15) is 0 Å². The molecule has 0 fully saturated rings. The summed E-state index contributed by atoms with van der Waals surface area (Å²) >= 11 is 0. The minimum absolute atomic E-state index is 0. The van der Waals surface area contributed by atoms with Crippen molar-refractivity contribution < 1.29 is 63.0 Å². The molecule has 0 spiro atoms. The fraction of sp³-hybridized carbons (Fsp3) is 0.333. The number of benzene rings is 1. The topological polar surface area (TPSA) is 40.5 Å². The predicted molar refractivity (Wildman–Crippen MR) is 44.2 cm³/mol. The van der Waals surface area contributed by atoms with E-state index in [1.54, 1.807) is 0 Å². The molecule has 0 heterocycles. The molecule has 0 aliphatic carbocycles. The molecule has 0 amide bonds. The molecule has 0 saturated heterocycles. The van der Waals surface area contributed by atoms with Gasteiger partial charge in [0.15, 0.2) is 0 Å². The number of aliphatic hydroxyl groups is 2. The minimum Gasteiger partial charge on any atom is -1.00 e. The Labute approximate surface area is 117 Å². The van der Waals surface area contributed by atoms with Crippen molar-refractivity contribution in [3.05, 3.63) is 35.9 Å². The molecule has 12 heavy (non-hydrogen) atoms. The maximum absolute atomic E-state index is 9.36. The summed E-state index contributed by atoms with van der Waals surface area (Å²) in [6.07, 6.45) is -0.120. The van der Waals surface area contributed by atoms with Crippen LogP contribution in [0.3, 0.4) is 0 Å². The molecule has 2 nitrogen and oxygen atoms in total. The van der Waals surface area contributed by atoms with Crippen LogP contribution >= 0.6 is 0 Å². The van der Waals surface area contributed by atoms with Gasteiger partial charge in [-0.3, -0.25) is 0 Å². The summed E-state index contributed by atoms with van der Waals surface area (Å²) in [5.41, 5.74) is 0.863. The molecule has 3 heteroatoms. The fourth-order valence-electron chi connectivity index (χ4n) is 0.964. The molecule has 1 atom stereocenters. The van der Waals surface area contributed by atoms with Crippen LogP contribution in [0.5, 0.6) is 0 Å². The van der Waals surface area contributed by atoms with E-state index < -0.39 is 6.10 Å². The monoisotopic (exact) mass is 192 g/mol. The summed E-state index contributed by atoms with van der Waals surface area (Å²) in [6, 6.07) is 9.33. The van der Waals surface area contributed by atoms with Gasteiger partial charge in [0, 0.05) is 13.0 Å². The zero-order chi connectivity index (χ0) is 8.10. The Bertz CT molecular complexity index is 206. The zero-order valence-corrected chi connectivity index (χ0v) is 10.4. The van der Waals surface area contributed by atoms with E-state index in [4.69, 9.17) is 5.11 Å². The quantitative estimate of drug-likeness (QED) is 0.556. The summed E-state index contributed by atoms with van der Waals surface area (Å²) in [7, 11) is 0. The maximum atomic E-state index is 9.36. The van der Waals surface area contributed by atoms with Gasteiger partial charge in [-0.25, -0.2) is 0 Å². The Morgan fingerprint density at radius 3 is 2.33 bits per heavy atom. The first-order valence-electron chi connectivity index (χ1n) is 3.68. The molecular formula is C9H13KO2. The third kappa shape index (κ3) is 4.14. The zero-order valence-electron chi connectivity index (χ0n) is 8.27. The smallest absolute Gasteiger partial charge is 1.00 e. The number of hydrogen-bond donors (Lipinski definition) is 2. The van der Waals surface area contributed by atoms with Crippen molar-refractivity contribution in [2.45, 2.75) is 12.5 Å². The minimum atomic E-state index is -0.527. The SMILES string of the molecule is OCCC(O)c1ccccc1.[H-].[K+]. The fourth-order valence-corrected chi connectivity index (χ4v) is 0.964. The van der Waals surface area contributed by atoms with Gasteiger partial charge in [0.25, 0.3) is 0 Å². The molecule has 0 bridgehead atoms. The van der Waals surface area contributed by atoms with Gasteiger partial charge in [-0.15, -0.1) is 0 Å². The Morgan fingerprint density at radius 1 is 1.25 bits per heavy atom. The van der Waals surface area contributed by atoms with Gasteiger partial charge in [-0.2, -0.15) is 0 Å². The van der Waals surface area contributed by atoms with Crippen LogP contribution in [0.2, 0.25) is 0 Å². The molecule has 0 aliphatic heterocycles. The third-order valence-electron chi connectivity index (χ3n) is 1.59. The van der Waals surface area contributed by atoms with E-state index in [9.17, 15) is 5.11 Å². The molecule has 1 rings (SSSR count). The first-order valence-corrected chi connectivity index (χ1v) is 3.68. The van der Waals surface area contributed by atoms with Crippen LogP contribution in [0.25, 0.3) is 0 Å². The average Bonchev–Trinajstić information content (AvgIpc) is 2.07. The van der Waals surface area contributed by atoms with Crippen molar-refractivity contribution in [3.8, 4) is 0 Å². The van der Waals surface area contributed by atoms with Gasteiger partial charge in [-0.1, -0.05) is 30.3 Å². The molecule has 0 radical (unpaired) electrons. The Balaban J connectivity index is 0. The summed E-state index contributed by atoms with van der Waals surface area (Å²) in [5, 5.41) is 17.9. The van der Waals surface area contributed by atoms with Gasteiger partial charge in [-0.05, 0) is 5.56 Å². The number of aliphatic hydroxyl groups excluding tert-OH is 2. The second-order valence-electron chi connectivity index (χ2n) is 2.44. The van der Waals surface area contributed by atoms with Crippen LogP contribution in [-0.4, -0.2) is 16.8 Å². The summed E-state index contributed by atoms with van der Waals surface area (Å²) < 4.78 is 0. The van der Waals surface area contributed by atoms with E-state index in [0.29, 0.717) is 6.42 Å². The van der Waals surface area contributed by atoms with Crippen molar-refractivity contribution in [2.75, 3.05) is 6.61 Å². The standard InChI is InChI=1S/C9H12O2.K.H/c10-7-6-9(11)8-4-2-1-3-5-8;;/h1-5,9-11H,6-7H2;;/q;+1;-1.